The van der Waals surface area contributed by atoms with Gasteiger partial charge in [-0.2, -0.15) is 5.26 Å². The maximum Gasteiger partial charge on any atom is 0.0638 e. The van der Waals surface area contributed by atoms with Gasteiger partial charge in [0.1, 0.15) is 0 Å². The average molecular weight is 223 g/mol. The van der Waals surface area contributed by atoms with Gasteiger partial charge in [-0.15, -0.1) is 0 Å². The van der Waals surface area contributed by atoms with Crippen molar-refractivity contribution in [2.75, 3.05) is 0 Å². The first-order valence-electron chi connectivity index (χ1n) is 5.11. The van der Waals surface area contributed by atoms with E-state index >= 15 is 0 Å². The van der Waals surface area contributed by atoms with Crippen LogP contribution < -0.4 is 5.32 Å². The van der Waals surface area contributed by atoms with Crippen molar-refractivity contribution in [1.29, 1.82) is 5.26 Å². The lowest BCUT2D eigenvalue weighted by molar-refractivity contribution is 0.505. The van der Waals surface area contributed by atoms with Gasteiger partial charge in [0.25, 0.3) is 0 Å². The summed E-state index contributed by atoms with van der Waals surface area (Å²) in [5, 5.41) is 12.7. The molecule has 2 nitrogen and oxygen atoms in total. The molecule has 1 aromatic carbocycles. The van der Waals surface area contributed by atoms with Crippen LogP contribution in [0.4, 0.5) is 0 Å². The van der Waals surface area contributed by atoms with Crippen LogP contribution in [0.3, 0.4) is 0 Å². The molecule has 80 valence electrons. The Morgan fingerprint density at radius 2 is 2.33 bits per heavy atom. The third kappa shape index (κ3) is 4.33. The van der Waals surface area contributed by atoms with Crippen LogP contribution in [0.15, 0.2) is 24.3 Å². The molecule has 0 radical (unpaired) electrons. The van der Waals surface area contributed by atoms with Crippen LogP contribution in [-0.2, 0) is 6.54 Å². The number of nitriles is 1. The number of nitrogens with zero attached hydrogens (tertiary/aromatic N) is 1. The molecule has 0 saturated heterocycles. The molecule has 1 rings (SSSR count). The molecule has 1 unspecified atom stereocenters. The summed E-state index contributed by atoms with van der Waals surface area (Å²) in [5.74, 6) is 0. The van der Waals surface area contributed by atoms with Gasteiger partial charge in [0.2, 0.25) is 0 Å². The summed E-state index contributed by atoms with van der Waals surface area (Å²) in [6.45, 7) is 2.84. The van der Waals surface area contributed by atoms with Crippen molar-refractivity contribution in [3.8, 4) is 6.07 Å². The monoisotopic (exact) mass is 222 g/mol. The predicted octanol–water partition coefficient (Wildman–Crippen LogP) is 3.12. The van der Waals surface area contributed by atoms with Gasteiger partial charge in [0.05, 0.1) is 12.5 Å². The number of nitrogens with one attached hydrogen (secondary N) is 1. The molecule has 0 aliphatic heterocycles. The van der Waals surface area contributed by atoms with E-state index in [1.165, 1.54) is 0 Å². The van der Waals surface area contributed by atoms with Crippen LogP contribution in [0.5, 0.6) is 0 Å². The molecule has 0 saturated carbocycles. The zero-order chi connectivity index (χ0) is 11.1. The first kappa shape index (κ1) is 12.0. The van der Waals surface area contributed by atoms with Gasteiger partial charge in [-0.1, -0.05) is 30.7 Å². The molecule has 15 heavy (non-hydrogen) atoms. The first-order valence-corrected chi connectivity index (χ1v) is 5.48. The Hall–Kier alpha value is -1.04. The second-order valence-electron chi connectivity index (χ2n) is 3.48. The lowest BCUT2D eigenvalue weighted by atomic mass is 10.1. The van der Waals surface area contributed by atoms with Gasteiger partial charge < -0.3 is 5.32 Å². The third-order valence-corrected chi connectivity index (χ3v) is 2.55. The van der Waals surface area contributed by atoms with Crippen molar-refractivity contribution in [3.63, 3.8) is 0 Å². The maximum absolute atomic E-state index is 8.60. The minimum atomic E-state index is 0.272. The number of hydrogen-bond acceptors (Lipinski definition) is 2. The zero-order valence-corrected chi connectivity index (χ0v) is 9.59. The number of hydrogen-bond donors (Lipinski definition) is 1. The van der Waals surface area contributed by atoms with Crippen molar-refractivity contribution in [1.82, 2.24) is 5.32 Å². The van der Waals surface area contributed by atoms with Gasteiger partial charge in [0.15, 0.2) is 0 Å². The highest BCUT2D eigenvalue weighted by Crippen LogP contribution is 2.10. The molecule has 0 heterocycles. The van der Waals surface area contributed by atoms with E-state index in [1.54, 1.807) is 0 Å². The van der Waals surface area contributed by atoms with E-state index in [-0.39, 0.29) is 6.04 Å². The summed E-state index contributed by atoms with van der Waals surface area (Å²) in [7, 11) is 0. The number of rotatable bonds is 5. The predicted molar refractivity (Wildman–Crippen MR) is 62.6 cm³/mol. The molecule has 0 amide bonds. The average Bonchev–Trinajstić information content (AvgIpc) is 2.24. The molecule has 3 heteroatoms. The Morgan fingerprint density at radius 1 is 1.53 bits per heavy atom. The number of benzene rings is 1. The van der Waals surface area contributed by atoms with E-state index in [9.17, 15) is 0 Å². The molecule has 0 spiro atoms. The standard InChI is InChI=1S/C12H15ClN2/c1-2-12(6-7-14)15-9-10-4-3-5-11(13)8-10/h3-5,8,12,15H,2,6,9H2,1H3. The molecule has 0 aliphatic rings. The normalized spacial score (nSPS) is 12.1. The van der Waals surface area contributed by atoms with E-state index in [0.717, 1.165) is 23.6 Å². The summed E-state index contributed by atoms with van der Waals surface area (Å²) < 4.78 is 0. The zero-order valence-electron chi connectivity index (χ0n) is 8.83. The van der Waals surface area contributed by atoms with E-state index in [2.05, 4.69) is 18.3 Å². The summed E-state index contributed by atoms with van der Waals surface area (Å²) in [5.41, 5.74) is 1.15. The molecular formula is C12H15ClN2. The third-order valence-electron chi connectivity index (χ3n) is 2.31. The maximum atomic E-state index is 8.60. The highest BCUT2D eigenvalue weighted by Gasteiger charge is 2.04. The minimum Gasteiger partial charge on any atom is -0.309 e. The Bertz CT molecular complexity index is 344. The molecule has 1 aromatic rings. The van der Waals surface area contributed by atoms with Crippen LogP contribution >= 0.6 is 11.6 Å². The van der Waals surface area contributed by atoms with Gasteiger partial charge >= 0.3 is 0 Å². The topological polar surface area (TPSA) is 35.8 Å². The minimum absolute atomic E-state index is 0.272. The Balaban J connectivity index is 2.46. The summed E-state index contributed by atoms with van der Waals surface area (Å²) in [6.07, 6.45) is 1.52. The highest BCUT2D eigenvalue weighted by atomic mass is 35.5. The fraction of sp³-hybridized carbons (Fsp3) is 0.417. The lowest BCUT2D eigenvalue weighted by Crippen LogP contribution is -2.27. The summed E-state index contributed by atoms with van der Waals surface area (Å²) in [6, 6.07) is 10.2. The Labute approximate surface area is 95.9 Å². The molecular weight excluding hydrogens is 208 g/mol. The molecule has 1 atom stereocenters. The van der Waals surface area contributed by atoms with Crippen LogP contribution in [-0.4, -0.2) is 6.04 Å². The van der Waals surface area contributed by atoms with E-state index in [0.29, 0.717) is 6.42 Å². The van der Waals surface area contributed by atoms with Gasteiger partial charge in [-0.05, 0) is 24.1 Å². The number of halogens is 1. The Morgan fingerprint density at radius 3 is 2.93 bits per heavy atom. The fourth-order valence-electron chi connectivity index (χ4n) is 1.38. The smallest absolute Gasteiger partial charge is 0.0638 e. The molecule has 0 fully saturated rings. The molecule has 0 aliphatic carbocycles. The second kappa shape index (κ2) is 6.44. The quantitative estimate of drug-likeness (QED) is 0.831. The Kier molecular flexibility index (Phi) is 5.17. The fourth-order valence-corrected chi connectivity index (χ4v) is 1.59. The van der Waals surface area contributed by atoms with Crippen molar-refractivity contribution in [2.45, 2.75) is 32.4 Å². The van der Waals surface area contributed by atoms with Crippen molar-refractivity contribution < 1.29 is 0 Å². The van der Waals surface area contributed by atoms with Crippen molar-refractivity contribution in [2.24, 2.45) is 0 Å². The molecule has 0 bridgehead atoms. The van der Waals surface area contributed by atoms with Crippen molar-refractivity contribution >= 4 is 11.6 Å². The van der Waals surface area contributed by atoms with Crippen molar-refractivity contribution in [3.05, 3.63) is 34.9 Å². The highest BCUT2D eigenvalue weighted by molar-refractivity contribution is 6.30. The van der Waals surface area contributed by atoms with Gasteiger partial charge in [-0.3, -0.25) is 0 Å². The van der Waals surface area contributed by atoms with E-state index in [1.807, 2.05) is 24.3 Å². The first-order chi connectivity index (χ1) is 7.26. The molecule has 0 aromatic heterocycles. The van der Waals surface area contributed by atoms with Crippen LogP contribution in [0.1, 0.15) is 25.3 Å². The van der Waals surface area contributed by atoms with Gasteiger partial charge in [-0.25, -0.2) is 0 Å². The lowest BCUT2D eigenvalue weighted by Gasteiger charge is -2.13. The van der Waals surface area contributed by atoms with Crippen LogP contribution in [0, 0.1) is 11.3 Å². The van der Waals surface area contributed by atoms with E-state index in [4.69, 9.17) is 16.9 Å². The van der Waals surface area contributed by atoms with Crippen LogP contribution in [0.25, 0.3) is 0 Å². The summed E-state index contributed by atoms with van der Waals surface area (Å²) >= 11 is 5.88. The van der Waals surface area contributed by atoms with E-state index < -0.39 is 0 Å². The second-order valence-corrected chi connectivity index (χ2v) is 3.91. The molecule has 1 N–H and O–H groups in total. The van der Waals surface area contributed by atoms with Crippen LogP contribution in [0.2, 0.25) is 5.02 Å². The van der Waals surface area contributed by atoms with Gasteiger partial charge in [0, 0.05) is 17.6 Å². The largest absolute Gasteiger partial charge is 0.309 e. The summed E-state index contributed by atoms with van der Waals surface area (Å²) in [4.78, 5) is 0. The SMILES string of the molecule is CCC(CC#N)NCc1cccc(Cl)c1.